The molecule has 0 aliphatic carbocycles. The summed E-state index contributed by atoms with van der Waals surface area (Å²) in [6, 6.07) is 6.25. The highest BCUT2D eigenvalue weighted by Crippen LogP contribution is 2.23. The standard InChI is InChI=1S/C15H23NO2S/c1-11-5-6-12(2)13(7-11)19-8-14(18)16-9-15(3,4)10-17/h5-7,17H,8-10H2,1-4H3,(H,16,18). The van der Waals surface area contributed by atoms with Gasteiger partial charge in [-0.05, 0) is 25.5 Å². The maximum absolute atomic E-state index is 11.8. The SMILES string of the molecule is Cc1ccc(C)c(SCC(=O)NCC(C)(C)CO)c1. The smallest absolute Gasteiger partial charge is 0.230 e. The van der Waals surface area contributed by atoms with Crippen molar-refractivity contribution < 1.29 is 9.90 Å². The second-order valence-corrected chi connectivity index (χ2v) is 6.67. The zero-order valence-corrected chi connectivity index (χ0v) is 12.9. The van der Waals surface area contributed by atoms with E-state index in [4.69, 9.17) is 5.11 Å². The van der Waals surface area contributed by atoms with Crippen molar-refractivity contribution in [1.82, 2.24) is 5.32 Å². The Bertz CT molecular complexity index is 444. The third-order valence-electron chi connectivity index (χ3n) is 2.89. The molecule has 0 aromatic heterocycles. The summed E-state index contributed by atoms with van der Waals surface area (Å²) in [6.07, 6.45) is 0. The second kappa shape index (κ2) is 6.96. The molecule has 4 heteroatoms. The number of hydrogen-bond acceptors (Lipinski definition) is 3. The van der Waals surface area contributed by atoms with Crippen molar-refractivity contribution in [3.8, 4) is 0 Å². The third-order valence-corrected chi connectivity index (χ3v) is 4.05. The Balaban J connectivity index is 2.44. The van der Waals surface area contributed by atoms with Crippen molar-refractivity contribution in [2.75, 3.05) is 18.9 Å². The molecule has 2 N–H and O–H groups in total. The van der Waals surface area contributed by atoms with E-state index in [1.165, 1.54) is 11.1 Å². The van der Waals surface area contributed by atoms with Gasteiger partial charge in [-0.2, -0.15) is 0 Å². The van der Waals surface area contributed by atoms with E-state index >= 15 is 0 Å². The highest BCUT2D eigenvalue weighted by molar-refractivity contribution is 8.00. The number of aryl methyl sites for hydroxylation is 2. The Morgan fingerprint density at radius 1 is 1.37 bits per heavy atom. The van der Waals surface area contributed by atoms with Gasteiger partial charge in [-0.25, -0.2) is 0 Å². The Morgan fingerprint density at radius 3 is 2.68 bits per heavy atom. The number of amides is 1. The van der Waals surface area contributed by atoms with Crippen LogP contribution in [-0.2, 0) is 4.79 Å². The highest BCUT2D eigenvalue weighted by atomic mass is 32.2. The summed E-state index contributed by atoms with van der Waals surface area (Å²) in [7, 11) is 0. The fourth-order valence-electron chi connectivity index (χ4n) is 1.45. The molecule has 0 aliphatic heterocycles. The van der Waals surface area contributed by atoms with Gasteiger partial charge < -0.3 is 10.4 Å². The topological polar surface area (TPSA) is 49.3 Å². The van der Waals surface area contributed by atoms with Gasteiger partial charge in [-0.3, -0.25) is 4.79 Å². The van der Waals surface area contributed by atoms with Gasteiger partial charge in [0.25, 0.3) is 0 Å². The minimum Gasteiger partial charge on any atom is -0.396 e. The first-order valence-corrected chi connectivity index (χ1v) is 7.40. The molecule has 0 unspecified atom stereocenters. The number of hydrogen-bond donors (Lipinski definition) is 2. The van der Waals surface area contributed by atoms with Crippen molar-refractivity contribution in [1.29, 1.82) is 0 Å². The monoisotopic (exact) mass is 281 g/mol. The van der Waals surface area contributed by atoms with Gasteiger partial charge in [-0.1, -0.05) is 31.5 Å². The quantitative estimate of drug-likeness (QED) is 0.788. The molecule has 0 saturated heterocycles. The normalized spacial score (nSPS) is 11.4. The maximum Gasteiger partial charge on any atom is 0.230 e. The second-order valence-electron chi connectivity index (χ2n) is 5.66. The molecular formula is C15H23NO2S. The van der Waals surface area contributed by atoms with E-state index in [9.17, 15) is 4.79 Å². The Kier molecular flexibility index (Phi) is 5.88. The van der Waals surface area contributed by atoms with Gasteiger partial charge in [-0.15, -0.1) is 11.8 Å². The first kappa shape index (κ1) is 16.1. The maximum atomic E-state index is 11.8. The molecule has 1 rings (SSSR count). The molecule has 19 heavy (non-hydrogen) atoms. The zero-order chi connectivity index (χ0) is 14.5. The number of benzene rings is 1. The van der Waals surface area contributed by atoms with Gasteiger partial charge in [0.05, 0.1) is 5.75 Å². The van der Waals surface area contributed by atoms with Crippen LogP contribution in [0.1, 0.15) is 25.0 Å². The summed E-state index contributed by atoms with van der Waals surface area (Å²) in [5, 5.41) is 12.0. The third kappa shape index (κ3) is 5.66. The van der Waals surface area contributed by atoms with Crippen LogP contribution in [0.3, 0.4) is 0 Å². The number of carbonyl (C=O) groups excluding carboxylic acids is 1. The van der Waals surface area contributed by atoms with E-state index < -0.39 is 0 Å². The van der Waals surface area contributed by atoms with Gasteiger partial charge in [0.15, 0.2) is 0 Å². The summed E-state index contributed by atoms with van der Waals surface area (Å²) in [5.74, 6) is 0.415. The summed E-state index contributed by atoms with van der Waals surface area (Å²) in [6.45, 7) is 8.51. The number of rotatable bonds is 6. The molecule has 0 bridgehead atoms. The van der Waals surface area contributed by atoms with Crippen LogP contribution in [-0.4, -0.2) is 29.9 Å². The lowest BCUT2D eigenvalue weighted by Gasteiger charge is -2.21. The van der Waals surface area contributed by atoms with E-state index in [0.717, 1.165) is 4.90 Å². The minimum atomic E-state index is -0.264. The number of nitrogens with one attached hydrogen (secondary N) is 1. The lowest BCUT2D eigenvalue weighted by Crippen LogP contribution is -2.36. The summed E-state index contributed by atoms with van der Waals surface area (Å²) < 4.78 is 0. The van der Waals surface area contributed by atoms with Gasteiger partial charge in [0.1, 0.15) is 0 Å². The van der Waals surface area contributed by atoms with Crippen molar-refractivity contribution in [3.63, 3.8) is 0 Å². The van der Waals surface area contributed by atoms with E-state index in [1.807, 2.05) is 20.8 Å². The van der Waals surface area contributed by atoms with Crippen LogP contribution in [0.4, 0.5) is 0 Å². The number of thioether (sulfide) groups is 1. The first-order valence-electron chi connectivity index (χ1n) is 6.42. The molecule has 0 saturated carbocycles. The molecule has 1 aromatic rings. The summed E-state index contributed by atoms with van der Waals surface area (Å²) in [4.78, 5) is 12.9. The molecule has 0 aliphatic rings. The van der Waals surface area contributed by atoms with Crippen LogP contribution < -0.4 is 5.32 Å². The Labute approximate surface area is 119 Å². The number of aliphatic hydroxyl groups excluding tert-OH is 1. The number of aliphatic hydroxyl groups is 1. The molecule has 0 atom stereocenters. The van der Waals surface area contributed by atoms with E-state index in [0.29, 0.717) is 12.3 Å². The predicted octanol–water partition coefficient (Wildman–Crippen LogP) is 2.53. The lowest BCUT2D eigenvalue weighted by atomic mass is 9.95. The van der Waals surface area contributed by atoms with Gasteiger partial charge in [0, 0.05) is 23.5 Å². The molecule has 3 nitrogen and oxygen atoms in total. The molecule has 0 radical (unpaired) electrons. The molecule has 0 spiro atoms. The number of carbonyl (C=O) groups is 1. The van der Waals surface area contributed by atoms with E-state index in [-0.39, 0.29) is 17.9 Å². The van der Waals surface area contributed by atoms with Gasteiger partial charge in [0.2, 0.25) is 5.91 Å². The fourth-order valence-corrected chi connectivity index (χ4v) is 2.40. The highest BCUT2D eigenvalue weighted by Gasteiger charge is 2.17. The summed E-state index contributed by atoms with van der Waals surface area (Å²) >= 11 is 1.55. The van der Waals surface area contributed by atoms with Crippen LogP contribution in [0.25, 0.3) is 0 Å². The van der Waals surface area contributed by atoms with Crippen LogP contribution in [0, 0.1) is 19.3 Å². The molecule has 106 valence electrons. The largest absolute Gasteiger partial charge is 0.396 e. The van der Waals surface area contributed by atoms with Crippen LogP contribution in [0.2, 0.25) is 0 Å². The average molecular weight is 281 g/mol. The molecular weight excluding hydrogens is 258 g/mol. The molecule has 0 heterocycles. The summed E-state index contributed by atoms with van der Waals surface area (Å²) in [5.41, 5.74) is 2.13. The van der Waals surface area contributed by atoms with Crippen LogP contribution >= 0.6 is 11.8 Å². The van der Waals surface area contributed by atoms with Crippen LogP contribution in [0.5, 0.6) is 0 Å². The van der Waals surface area contributed by atoms with Crippen molar-refractivity contribution >= 4 is 17.7 Å². The van der Waals surface area contributed by atoms with Crippen LogP contribution in [0.15, 0.2) is 23.1 Å². The predicted molar refractivity (Wildman–Crippen MR) is 80.5 cm³/mol. The molecule has 1 aromatic carbocycles. The first-order chi connectivity index (χ1) is 8.84. The zero-order valence-electron chi connectivity index (χ0n) is 12.1. The van der Waals surface area contributed by atoms with Crippen molar-refractivity contribution in [2.24, 2.45) is 5.41 Å². The van der Waals surface area contributed by atoms with E-state index in [2.05, 4.69) is 30.4 Å². The van der Waals surface area contributed by atoms with Crippen molar-refractivity contribution in [3.05, 3.63) is 29.3 Å². The minimum absolute atomic E-state index is 0.00688. The Morgan fingerprint density at radius 2 is 2.05 bits per heavy atom. The molecule has 1 amide bonds. The average Bonchev–Trinajstić information content (AvgIpc) is 2.37. The van der Waals surface area contributed by atoms with Gasteiger partial charge >= 0.3 is 0 Å². The lowest BCUT2D eigenvalue weighted by molar-refractivity contribution is -0.119. The Hall–Kier alpha value is -1.00. The molecule has 0 fully saturated rings. The fraction of sp³-hybridized carbons (Fsp3) is 0.533. The van der Waals surface area contributed by atoms with Crippen molar-refractivity contribution in [2.45, 2.75) is 32.6 Å². The van der Waals surface area contributed by atoms with E-state index in [1.54, 1.807) is 11.8 Å².